The van der Waals surface area contributed by atoms with Gasteiger partial charge in [-0.1, -0.05) is 47.5 Å². The maximum atomic E-state index is 12.0. The van der Waals surface area contributed by atoms with E-state index in [4.69, 9.17) is 9.47 Å². The second kappa shape index (κ2) is 12.2. The van der Waals surface area contributed by atoms with Crippen molar-refractivity contribution in [3.8, 4) is 11.5 Å². The number of amides is 2. The molecule has 3 aromatic rings. The molecule has 0 saturated heterocycles. The lowest BCUT2D eigenvalue weighted by Gasteiger charge is -2.13. The molecule has 0 aliphatic carbocycles. The van der Waals surface area contributed by atoms with Gasteiger partial charge in [0.15, 0.2) is 11.5 Å². The Morgan fingerprint density at radius 1 is 0.882 bits per heavy atom. The molecule has 0 aliphatic heterocycles. The molecule has 0 aromatic heterocycles. The van der Waals surface area contributed by atoms with E-state index in [2.05, 4.69) is 21.9 Å². The van der Waals surface area contributed by atoms with Crippen LogP contribution in [0.1, 0.15) is 35.6 Å². The summed E-state index contributed by atoms with van der Waals surface area (Å²) in [4.78, 5) is 24.0. The maximum Gasteiger partial charge on any atom is 0.249 e. The highest BCUT2D eigenvalue weighted by Crippen LogP contribution is 2.29. The summed E-state index contributed by atoms with van der Waals surface area (Å²) < 4.78 is 11.7. The zero-order valence-corrected chi connectivity index (χ0v) is 19.6. The van der Waals surface area contributed by atoms with Gasteiger partial charge in [-0.05, 0) is 62.2 Å². The molecule has 34 heavy (non-hydrogen) atoms. The topological polar surface area (TPSA) is 89.0 Å². The third-order valence-electron chi connectivity index (χ3n) is 4.80. The molecule has 0 bridgehead atoms. The number of hydrogen-bond donors (Lipinski definition) is 2. The van der Waals surface area contributed by atoms with Crippen LogP contribution in [0.15, 0.2) is 71.8 Å². The predicted octanol–water partition coefficient (Wildman–Crippen LogP) is 4.76. The summed E-state index contributed by atoms with van der Waals surface area (Å²) in [7, 11) is 0. The summed E-state index contributed by atoms with van der Waals surface area (Å²) in [5.41, 5.74) is 7.06. The monoisotopic (exact) mass is 459 g/mol. The summed E-state index contributed by atoms with van der Waals surface area (Å²) in [6, 6.07) is 20.9. The largest absolute Gasteiger partial charge is 0.490 e. The minimum atomic E-state index is -0.510. The van der Waals surface area contributed by atoms with Gasteiger partial charge in [-0.3, -0.25) is 9.59 Å². The van der Waals surface area contributed by atoms with Crippen LogP contribution in [0, 0.1) is 13.8 Å². The zero-order chi connectivity index (χ0) is 24.3. The van der Waals surface area contributed by atoms with Crippen LogP contribution in [0.2, 0.25) is 0 Å². The number of carbonyl (C=O) groups excluding carboxylic acids is 2. The first-order chi connectivity index (χ1) is 16.4. The van der Waals surface area contributed by atoms with Crippen molar-refractivity contribution < 1.29 is 19.1 Å². The second-order valence-corrected chi connectivity index (χ2v) is 7.80. The fraction of sp³-hybridized carbons (Fsp3) is 0.222. The summed E-state index contributed by atoms with van der Waals surface area (Å²) in [5.74, 6) is 0.287. The third-order valence-corrected chi connectivity index (χ3v) is 4.80. The van der Waals surface area contributed by atoms with E-state index in [1.165, 1.54) is 11.8 Å². The quantitative estimate of drug-likeness (QED) is 0.260. The van der Waals surface area contributed by atoms with E-state index in [1.54, 1.807) is 24.3 Å². The van der Waals surface area contributed by atoms with Crippen LogP contribution in [-0.4, -0.2) is 24.6 Å². The molecule has 2 amide bonds. The lowest BCUT2D eigenvalue weighted by Crippen LogP contribution is -2.24. The Hall–Kier alpha value is -4.13. The fourth-order valence-corrected chi connectivity index (χ4v) is 3.16. The molecule has 3 aromatic carbocycles. The first-order valence-corrected chi connectivity index (χ1v) is 11.1. The molecule has 0 saturated carbocycles. The molecule has 0 fully saturated rings. The average molecular weight is 460 g/mol. The Morgan fingerprint density at radius 2 is 1.68 bits per heavy atom. The Kier molecular flexibility index (Phi) is 8.80. The van der Waals surface area contributed by atoms with Crippen molar-refractivity contribution in [2.75, 3.05) is 11.9 Å². The molecule has 7 heteroatoms. The van der Waals surface area contributed by atoms with Gasteiger partial charge in [-0.2, -0.15) is 5.10 Å². The molecule has 0 heterocycles. The molecule has 7 nitrogen and oxygen atoms in total. The van der Waals surface area contributed by atoms with Gasteiger partial charge in [0.25, 0.3) is 0 Å². The van der Waals surface area contributed by atoms with Crippen LogP contribution in [0.3, 0.4) is 0 Å². The average Bonchev–Trinajstić information content (AvgIpc) is 2.80. The van der Waals surface area contributed by atoms with E-state index >= 15 is 0 Å². The number of ether oxygens (including phenoxy) is 2. The highest BCUT2D eigenvalue weighted by molar-refractivity contribution is 6.03. The Bertz CT molecular complexity index is 1160. The van der Waals surface area contributed by atoms with E-state index in [9.17, 15) is 9.59 Å². The first kappa shape index (κ1) is 24.5. The van der Waals surface area contributed by atoms with E-state index in [-0.39, 0.29) is 6.42 Å². The minimum Gasteiger partial charge on any atom is -0.490 e. The van der Waals surface area contributed by atoms with E-state index < -0.39 is 11.8 Å². The van der Waals surface area contributed by atoms with Crippen LogP contribution >= 0.6 is 0 Å². The van der Waals surface area contributed by atoms with Crippen LogP contribution < -0.4 is 20.2 Å². The number of aryl methyl sites for hydroxylation is 2. The second-order valence-electron chi connectivity index (χ2n) is 7.80. The number of benzene rings is 3. The van der Waals surface area contributed by atoms with Crippen molar-refractivity contribution in [1.82, 2.24) is 5.43 Å². The molecule has 0 radical (unpaired) electrons. The first-order valence-electron chi connectivity index (χ1n) is 11.1. The van der Waals surface area contributed by atoms with E-state index in [1.807, 2.05) is 57.2 Å². The van der Waals surface area contributed by atoms with Gasteiger partial charge in [0.05, 0.1) is 12.8 Å². The van der Waals surface area contributed by atoms with Gasteiger partial charge in [-0.15, -0.1) is 0 Å². The normalized spacial score (nSPS) is 10.7. The highest BCUT2D eigenvalue weighted by Gasteiger charge is 2.10. The predicted molar refractivity (Wildman–Crippen MR) is 133 cm³/mol. The van der Waals surface area contributed by atoms with Gasteiger partial charge in [0.2, 0.25) is 11.8 Å². The Balaban J connectivity index is 1.53. The SMILES string of the molecule is CCOc1cc(C=NNC(=O)CC(=O)Nc2ccc(C)cc2)ccc1OCc1cccc(C)c1. The van der Waals surface area contributed by atoms with Crippen molar-refractivity contribution in [2.45, 2.75) is 33.8 Å². The number of rotatable bonds is 10. The number of hydrogen-bond acceptors (Lipinski definition) is 5. The molecule has 0 atom stereocenters. The highest BCUT2D eigenvalue weighted by atomic mass is 16.5. The Labute approximate surface area is 199 Å². The van der Waals surface area contributed by atoms with Crippen molar-refractivity contribution in [2.24, 2.45) is 5.10 Å². The molecular formula is C27H29N3O4. The van der Waals surface area contributed by atoms with Crippen LogP contribution in [0.5, 0.6) is 11.5 Å². The number of hydrazone groups is 1. The molecule has 0 aliphatic rings. The summed E-state index contributed by atoms with van der Waals surface area (Å²) >= 11 is 0. The van der Waals surface area contributed by atoms with Crippen molar-refractivity contribution in [3.63, 3.8) is 0 Å². The fourth-order valence-electron chi connectivity index (χ4n) is 3.16. The molecule has 0 unspecified atom stereocenters. The third kappa shape index (κ3) is 7.78. The van der Waals surface area contributed by atoms with E-state index in [0.29, 0.717) is 30.4 Å². The van der Waals surface area contributed by atoms with Gasteiger partial charge in [-0.25, -0.2) is 5.43 Å². The minimum absolute atomic E-state index is 0.332. The summed E-state index contributed by atoms with van der Waals surface area (Å²) in [6.07, 6.45) is 1.16. The number of carbonyl (C=O) groups is 2. The van der Waals surface area contributed by atoms with Gasteiger partial charge in [0.1, 0.15) is 13.0 Å². The number of anilines is 1. The lowest BCUT2D eigenvalue weighted by molar-refractivity contribution is -0.126. The molecule has 0 spiro atoms. The lowest BCUT2D eigenvalue weighted by atomic mass is 10.1. The van der Waals surface area contributed by atoms with Gasteiger partial charge >= 0.3 is 0 Å². The zero-order valence-electron chi connectivity index (χ0n) is 19.6. The van der Waals surface area contributed by atoms with Crippen molar-refractivity contribution >= 4 is 23.7 Å². The van der Waals surface area contributed by atoms with Gasteiger partial charge < -0.3 is 14.8 Å². The van der Waals surface area contributed by atoms with Crippen LogP contribution in [0.4, 0.5) is 5.69 Å². The summed E-state index contributed by atoms with van der Waals surface area (Å²) in [5, 5.41) is 6.63. The Morgan fingerprint density at radius 3 is 2.41 bits per heavy atom. The number of nitrogens with one attached hydrogen (secondary N) is 2. The maximum absolute atomic E-state index is 12.0. The van der Waals surface area contributed by atoms with E-state index in [0.717, 1.165) is 16.7 Å². The molecule has 3 rings (SSSR count). The molecular weight excluding hydrogens is 430 g/mol. The molecule has 2 N–H and O–H groups in total. The van der Waals surface area contributed by atoms with Crippen LogP contribution in [0.25, 0.3) is 0 Å². The van der Waals surface area contributed by atoms with Gasteiger partial charge in [0, 0.05) is 5.69 Å². The standard InChI is InChI=1S/C27H29N3O4/c1-4-33-25-15-21(10-13-24(25)34-18-22-7-5-6-20(3)14-22)17-28-30-27(32)16-26(31)29-23-11-8-19(2)9-12-23/h5-15,17H,4,16,18H2,1-3H3,(H,29,31)(H,30,32). The number of nitrogens with zero attached hydrogens (tertiary/aromatic N) is 1. The smallest absolute Gasteiger partial charge is 0.249 e. The molecule has 176 valence electrons. The van der Waals surface area contributed by atoms with Crippen LogP contribution in [-0.2, 0) is 16.2 Å². The summed E-state index contributed by atoms with van der Waals surface area (Å²) in [6.45, 7) is 6.80. The van der Waals surface area contributed by atoms with Crippen molar-refractivity contribution in [3.05, 3.63) is 89.0 Å². The van der Waals surface area contributed by atoms with Crippen molar-refractivity contribution in [1.29, 1.82) is 0 Å².